The highest BCUT2D eigenvalue weighted by molar-refractivity contribution is 6.45. The lowest BCUT2D eigenvalue weighted by molar-refractivity contribution is 0.0524. The monoisotopic (exact) mass is 476 g/mol. The molecule has 1 aromatic carbocycles. The number of anilines is 3. The van der Waals surface area contributed by atoms with Gasteiger partial charge in [0.05, 0.1) is 17.3 Å². The molecule has 2 aliphatic rings. The van der Waals surface area contributed by atoms with Crippen molar-refractivity contribution in [2.24, 2.45) is 5.92 Å². The zero-order chi connectivity index (χ0) is 23.5. The Labute approximate surface area is 196 Å². The minimum absolute atomic E-state index is 0.0570. The van der Waals surface area contributed by atoms with E-state index < -0.39 is 13.0 Å². The maximum atomic E-state index is 12.4. The number of aromatic nitrogens is 1. The van der Waals surface area contributed by atoms with Crippen LogP contribution in [0, 0.1) is 5.92 Å². The highest BCUT2D eigenvalue weighted by Crippen LogP contribution is 2.29. The summed E-state index contributed by atoms with van der Waals surface area (Å²) < 4.78 is 10.3. The maximum Gasteiger partial charge on any atom is 0.409 e. The van der Waals surface area contributed by atoms with Gasteiger partial charge in [0.1, 0.15) is 6.26 Å². The number of carbonyl (C=O) groups is 2. The van der Waals surface area contributed by atoms with E-state index in [-0.39, 0.29) is 23.7 Å². The van der Waals surface area contributed by atoms with Crippen LogP contribution in [-0.4, -0.2) is 84.6 Å². The van der Waals surface area contributed by atoms with Crippen molar-refractivity contribution in [2.75, 3.05) is 61.8 Å². The number of nitrogen functional groups attached to an aromatic ring is 1. The lowest BCUT2D eigenvalue weighted by Crippen LogP contribution is -2.55. The number of halogens is 1. The van der Waals surface area contributed by atoms with Gasteiger partial charge < -0.3 is 39.8 Å². The number of piperazine rings is 1. The van der Waals surface area contributed by atoms with Crippen LogP contribution in [0.5, 0.6) is 0 Å². The molecule has 176 valence electrons. The molecule has 0 radical (unpaired) electrons. The van der Waals surface area contributed by atoms with Crippen LogP contribution >= 0.6 is 11.6 Å². The van der Waals surface area contributed by atoms with Crippen molar-refractivity contribution in [1.82, 2.24) is 14.7 Å². The lowest BCUT2D eigenvalue weighted by atomic mass is 9.78. The van der Waals surface area contributed by atoms with Gasteiger partial charge in [-0.25, -0.2) is 4.79 Å². The van der Waals surface area contributed by atoms with Gasteiger partial charge in [0.25, 0.3) is 11.9 Å². The van der Waals surface area contributed by atoms with Gasteiger partial charge in [0.15, 0.2) is 5.69 Å². The van der Waals surface area contributed by atoms with E-state index in [4.69, 9.17) is 26.5 Å². The quantitative estimate of drug-likeness (QED) is 0.529. The van der Waals surface area contributed by atoms with E-state index in [9.17, 15) is 14.6 Å². The lowest BCUT2D eigenvalue weighted by Gasteiger charge is -2.40. The number of hydrogen-bond acceptors (Lipinski definition) is 9. The van der Waals surface area contributed by atoms with Gasteiger partial charge in [-0.1, -0.05) is 11.6 Å². The second-order valence-electron chi connectivity index (χ2n) is 8.19. The van der Waals surface area contributed by atoms with Gasteiger partial charge in [-0.15, -0.1) is 0 Å². The van der Waals surface area contributed by atoms with Crippen LogP contribution in [0.15, 0.2) is 28.9 Å². The number of nitrogens with zero attached hydrogens (tertiary/aromatic N) is 4. The first kappa shape index (κ1) is 23.2. The molecule has 4 rings (SSSR count). The van der Waals surface area contributed by atoms with Crippen molar-refractivity contribution in [3.63, 3.8) is 0 Å². The number of ether oxygens (including phenoxy) is 1. The van der Waals surface area contributed by atoms with Crippen molar-refractivity contribution >= 4 is 48.0 Å². The Balaban J connectivity index is 1.27. The predicted molar refractivity (Wildman–Crippen MR) is 124 cm³/mol. The summed E-state index contributed by atoms with van der Waals surface area (Å²) in [6.07, 6.45) is 0.857. The van der Waals surface area contributed by atoms with E-state index in [0.717, 1.165) is 18.8 Å². The van der Waals surface area contributed by atoms with E-state index >= 15 is 0 Å². The summed E-state index contributed by atoms with van der Waals surface area (Å²) in [5.74, 6) is -0.216. The number of nitrogens with two attached hydrogens (primary N) is 1. The van der Waals surface area contributed by atoms with Gasteiger partial charge >= 0.3 is 13.1 Å². The molecule has 0 bridgehead atoms. The largest absolute Gasteiger partial charge is 0.449 e. The maximum absolute atomic E-state index is 12.4. The smallest absolute Gasteiger partial charge is 0.409 e. The van der Waals surface area contributed by atoms with Crippen molar-refractivity contribution in [3.8, 4) is 0 Å². The van der Waals surface area contributed by atoms with Crippen LogP contribution in [0.4, 0.5) is 22.2 Å². The zero-order valence-corrected chi connectivity index (χ0v) is 19.0. The number of hydrogen-bond donors (Lipinski definition) is 3. The van der Waals surface area contributed by atoms with E-state index in [2.05, 4.69) is 15.2 Å². The molecule has 4 N–H and O–H groups in total. The molecule has 2 amide bonds. The van der Waals surface area contributed by atoms with Crippen LogP contribution in [0.1, 0.15) is 10.5 Å². The standard InChI is InChI=1S/C20H26BClN6O5/c1-21(31)28-9-13(10-28)11-33-20(30)27-6-4-26(5-7-27)14-2-3-15(22)16(8-14)24-18(29)17-12-32-19(23)25-17/h2-3,8,12-13,31H,4-7,9-11H2,1H3,(H2,23,25)(H,24,29). The molecular formula is C20H26BClN6O5. The first-order chi connectivity index (χ1) is 15.8. The van der Waals surface area contributed by atoms with E-state index in [1.165, 1.54) is 6.26 Å². The summed E-state index contributed by atoms with van der Waals surface area (Å²) in [7, 11) is -0.465. The molecule has 0 saturated carbocycles. The Hall–Kier alpha value is -2.96. The number of oxazole rings is 1. The molecule has 3 heterocycles. The topological polar surface area (TPSA) is 137 Å². The average molecular weight is 477 g/mol. The first-order valence-corrected chi connectivity index (χ1v) is 11.1. The van der Waals surface area contributed by atoms with Crippen molar-refractivity contribution in [2.45, 2.75) is 6.82 Å². The number of amides is 2. The highest BCUT2D eigenvalue weighted by Gasteiger charge is 2.33. The van der Waals surface area contributed by atoms with Gasteiger partial charge in [-0.2, -0.15) is 4.98 Å². The summed E-state index contributed by atoms with van der Waals surface area (Å²) in [4.78, 5) is 34.2. The molecule has 0 aliphatic carbocycles. The Bertz CT molecular complexity index is 1010. The van der Waals surface area contributed by atoms with Crippen molar-refractivity contribution in [1.29, 1.82) is 0 Å². The number of carbonyl (C=O) groups excluding carboxylic acids is 2. The van der Waals surface area contributed by atoms with E-state index in [0.29, 0.717) is 43.5 Å². The van der Waals surface area contributed by atoms with Crippen molar-refractivity contribution < 1.29 is 23.8 Å². The van der Waals surface area contributed by atoms with Crippen LogP contribution < -0.4 is 16.0 Å². The van der Waals surface area contributed by atoms with Crippen LogP contribution in [-0.2, 0) is 4.74 Å². The third-order valence-corrected chi connectivity index (χ3v) is 6.14. The normalized spacial score (nSPS) is 16.9. The van der Waals surface area contributed by atoms with E-state index in [1.54, 1.807) is 23.9 Å². The Kier molecular flexibility index (Phi) is 6.96. The summed E-state index contributed by atoms with van der Waals surface area (Å²) >= 11 is 6.25. The molecule has 0 unspecified atom stereocenters. The Morgan fingerprint density at radius 3 is 2.70 bits per heavy atom. The minimum Gasteiger partial charge on any atom is -0.449 e. The predicted octanol–water partition coefficient (Wildman–Crippen LogP) is 1.46. The summed E-state index contributed by atoms with van der Waals surface area (Å²) in [5, 5.41) is 12.6. The van der Waals surface area contributed by atoms with Crippen molar-refractivity contribution in [3.05, 3.63) is 35.2 Å². The number of rotatable bonds is 6. The number of nitrogens with one attached hydrogen (secondary N) is 1. The SMILES string of the molecule is CB(O)N1CC(COC(=O)N2CCN(c3ccc(Cl)c(NC(=O)c4coc(N)n4)c3)CC2)C1. The Morgan fingerprint density at radius 1 is 1.33 bits per heavy atom. The molecule has 13 heteroatoms. The van der Waals surface area contributed by atoms with Crippen LogP contribution in [0.3, 0.4) is 0 Å². The highest BCUT2D eigenvalue weighted by atomic mass is 35.5. The molecule has 33 heavy (non-hydrogen) atoms. The van der Waals surface area contributed by atoms with Gasteiger partial charge in [0, 0.05) is 37.8 Å². The third kappa shape index (κ3) is 5.52. The molecular weight excluding hydrogens is 451 g/mol. The van der Waals surface area contributed by atoms with Gasteiger partial charge in [0.2, 0.25) is 0 Å². The molecule has 2 saturated heterocycles. The van der Waals surface area contributed by atoms with Gasteiger partial charge in [-0.3, -0.25) is 4.79 Å². The summed E-state index contributed by atoms with van der Waals surface area (Å²) in [5.41, 5.74) is 6.78. The fourth-order valence-electron chi connectivity index (χ4n) is 3.83. The molecule has 2 fully saturated rings. The second kappa shape index (κ2) is 9.90. The minimum atomic E-state index is -0.481. The fourth-order valence-corrected chi connectivity index (χ4v) is 4.00. The molecule has 2 aliphatic heterocycles. The summed E-state index contributed by atoms with van der Waals surface area (Å²) in [6.45, 7) is 5.83. The zero-order valence-electron chi connectivity index (χ0n) is 18.2. The van der Waals surface area contributed by atoms with Crippen LogP contribution in [0.25, 0.3) is 0 Å². The molecule has 2 aromatic rings. The third-order valence-electron chi connectivity index (χ3n) is 5.81. The van der Waals surface area contributed by atoms with E-state index in [1.807, 2.05) is 10.9 Å². The van der Waals surface area contributed by atoms with Crippen LogP contribution in [0.2, 0.25) is 11.8 Å². The van der Waals surface area contributed by atoms with Gasteiger partial charge in [-0.05, 0) is 38.1 Å². The molecule has 1 aromatic heterocycles. The summed E-state index contributed by atoms with van der Waals surface area (Å²) in [6, 6.07) is 5.26. The Morgan fingerprint density at radius 2 is 2.06 bits per heavy atom. The average Bonchev–Trinajstić information content (AvgIpc) is 3.20. The molecule has 0 atom stereocenters. The second-order valence-corrected chi connectivity index (χ2v) is 8.60. The number of benzene rings is 1. The molecule has 0 spiro atoms. The fraction of sp³-hybridized carbons (Fsp3) is 0.450. The first-order valence-electron chi connectivity index (χ1n) is 10.7. The molecule has 11 nitrogen and oxygen atoms in total.